The van der Waals surface area contributed by atoms with Crippen LogP contribution in [0, 0.1) is 0 Å². The third kappa shape index (κ3) is 9.39. The van der Waals surface area contributed by atoms with Gasteiger partial charge in [-0.2, -0.15) is 0 Å². The van der Waals surface area contributed by atoms with Gasteiger partial charge in [-0.1, -0.05) is 72.8 Å². The van der Waals surface area contributed by atoms with Crippen LogP contribution in [0.3, 0.4) is 0 Å². The molecule has 20 nitrogen and oxygen atoms in total. The van der Waals surface area contributed by atoms with E-state index in [1.807, 2.05) is 0 Å². The van der Waals surface area contributed by atoms with Gasteiger partial charge in [0.2, 0.25) is 23.0 Å². The van der Waals surface area contributed by atoms with Gasteiger partial charge in [0.1, 0.15) is 23.0 Å². The van der Waals surface area contributed by atoms with Gasteiger partial charge < -0.3 is 80.2 Å². The Morgan fingerprint density at radius 3 is 0.550 bits per heavy atom. The molecule has 9 rings (SSSR count). The Kier molecular flexibility index (Phi) is 14.2. The number of ether oxygens (including phenoxy) is 4. The maximum absolute atomic E-state index is 12.8. The number of rotatable bonds is 8. The summed E-state index contributed by atoms with van der Waals surface area (Å²) in [5.41, 5.74) is -4.62. The fraction of sp³-hybridized carbons (Fsp3) is 0.133. The number of carbonyl (C=O) groups excluding carboxylic acids is 4. The first-order valence-electron chi connectivity index (χ1n) is 24.2. The molecule has 0 aliphatic heterocycles. The van der Waals surface area contributed by atoms with Crippen LogP contribution in [0.15, 0.2) is 121 Å². The van der Waals surface area contributed by atoms with Crippen molar-refractivity contribution < 1.29 is 99.4 Å². The van der Waals surface area contributed by atoms with Crippen LogP contribution in [0.1, 0.15) is 118 Å². The van der Waals surface area contributed by atoms with E-state index in [4.69, 9.17) is 18.9 Å². The lowest BCUT2D eigenvalue weighted by Crippen LogP contribution is -2.15. The van der Waals surface area contributed by atoms with Gasteiger partial charge in [-0.25, -0.2) is 0 Å². The lowest BCUT2D eigenvalue weighted by molar-refractivity contribution is -0.132. The van der Waals surface area contributed by atoms with Gasteiger partial charge in [-0.15, -0.1) is 0 Å². The minimum atomic E-state index is -1.85. The van der Waals surface area contributed by atoms with Gasteiger partial charge in [0, 0.05) is 118 Å². The highest BCUT2D eigenvalue weighted by Gasteiger charge is 2.41. The summed E-state index contributed by atoms with van der Waals surface area (Å²) < 4.78 is 22.6. The molecule has 8 bridgehead atoms. The van der Waals surface area contributed by atoms with Crippen LogP contribution in [0.2, 0.25) is 0 Å². The second-order valence-corrected chi connectivity index (χ2v) is 18.7. The summed E-state index contributed by atoms with van der Waals surface area (Å²) in [7, 11) is 0. The van der Waals surface area contributed by atoms with Crippen LogP contribution in [0.25, 0.3) is 0 Å². The lowest BCUT2D eigenvalue weighted by atomic mass is 9.74. The third-order valence-electron chi connectivity index (χ3n) is 13.6. The minimum Gasteiger partial charge on any atom is -0.504 e. The molecule has 0 amide bonds. The summed E-state index contributed by atoms with van der Waals surface area (Å²) in [5, 5.41) is 147. The first-order valence-corrected chi connectivity index (χ1v) is 24.2. The molecule has 0 spiro atoms. The molecule has 0 aromatic heterocycles. The monoisotopic (exact) mass is 1090 g/mol. The zero-order valence-electron chi connectivity index (χ0n) is 42.5. The maximum atomic E-state index is 12.8. The van der Waals surface area contributed by atoms with E-state index >= 15 is 0 Å². The third-order valence-corrected chi connectivity index (χ3v) is 13.6. The minimum absolute atomic E-state index is 0.135. The predicted molar refractivity (Wildman–Crippen MR) is 281 cm³/mol. The fourth-order valence-electron chi connectivity index (χ4n) is 10.4. The van der Waals surface area contributed by atoms with E-state index in [2.05, 4.69) is 0 Å². The number of carbonyl (C=O) groups is 4. The van der Waals surface area contributed by atoms with Crippen molar-refractivity contribution in [2.45, 2.75) is 51.4 Å². The Balaban J connectivity index is 1.59. The summed E-state index contributed by atoms with van der Waals surface area (Å²) in [6, 6.07) is 26.5. The van der Waals surface area contributed by atoms with E-state index in [1.54, 1.807) is 0 Å². The van der Waals surface area contributed by atoms with Gasteiger partial charge >= 0.3 is 23.9 Å². The molecule has 0 atom stereocenters. The Hall–Kier alpha value is -10.8. The van der Waals surface area contributed by atoms with Crippen LogP contribution in [0.5, 0.6) is 92.0 Å². The highest BCUT2D eigenvalue weighted by atomic mass is 16.5. The number of aromatic hydroxyl groups is 12. The van der Waals surface area contributed by atoms with Crippen molar-refractivity contribution in [1.82, 2.24) is 0 Å². The normalized spacial score (nSPS) is 15.6. The van der Waals surface area contributed by atoms with Crippen LogP contribution in [-0.4, -0.2) is 85.2 Å². The standard InChI is InChI=1S/C60H48O20/c1-25(61)77-41-17-9-5-13-29(41)45-33-21-35(51(67)57(73)49(33)65)46(30-14-6-10-18-42(30)78-26(2)62)37-23-39(55(71)59(75)53(37)69)48(32-16-8-12-20-44(32)80-28(4)64)40-24-38(54(70)60(76)56(40)72)47(31-15-7-11-19-43(31)79-27(3)63)36-22-34(45)50(66)58(74)52(36)68/h5-24,45-48,65-76H,1-4H3. The number of hydrogen-bond donors (Lipinski definition) is 12. The molecule has 80 heavy (non-hydrogen) atoms. The molecule has 20 heteroatoms. The number of phenols is 12. The van der Waals surface area contributed by atoms with Crippen molar-refractivity contribution >= 4 is 23.9 Å². The molecule has 408 valence electrons. The second kappa shape index (κ2) is 21.0. The fourth-order valence-corrected chi connectivity index (χ4v) is 10.4. The van der Waals surface area contributed by atoms with Crippen molar-refractivity contribution in [3.05, 3.63) is 188 Å². The summed E-state index contributed by atoms with van der Waals surface area (Å²) in [6.45, 7) is 4.27. The Bertz CT molecular complexity index is 3270. The van der Waals surface area contributed by atoms with E-state index in [0.717, 1.165) is 52.0 Å². The Morgan fingerprint density at radius 2 is 0.400 bits per heavy atom. The van der Waals surface area contributed by atoms with Crippen molar-refractivity contribution in [2.24, 2.45) is 0 Å². The largest absolute Gasteiger partial charge is 0.504 e. The number of hydrogen-bond acceptors (Lipinski definition) is 20. The topological polar surface area (TPSA) is 348 Å². The number of esters is 4. The molecular weight excluding hydrogens is 1040 g/mol. The van der Waals surface area contributed by atoms with E-state index < -0.39 is 161 Å². The zero-order valence-corrected chi connectivity index (χ0v) is 42.5. The first kappa shape index (κ1) is 54.0. The molecule has 8 aromatic carbocycles. The number of para-hydroxylation sites is 4. The van der Waals surface area contributed by atoms with Crippen molar-refractivity contribution in [3.63, 3.8) is 0 Å². The Morgan fingerprint density at radius 1 is 0.250 bits per heavy atom. The molecule has 0 fully saturated rings. The van der Waals surface area contributed by atoms with Crippen LogP contribution >= 0.6 is 0 Å². The molecule has 0 unspecified atom stereocenters. The van der Waals surface area contributed by atoms with Crippen LogP contribution < -0.4 is 18.9 Å². The number of fused-ring (bicyclic) bond motifs is 8. The second-order valence-electron chi connectivity index (χ2n) is 18.7. The summed E-state index contributed by atoms with van der Waals surface area (Å²) in [6.07, 6.45) is 0. The van der Waals surface area contributed by atoms with E-state index in [0.29, 0.717) is 0 Å². The van der Waals surface area contributed by atoms with Crippen molar-refractivity contribution in [2.75, 3.05) is 0 Å². The molecule has 0 saturated heterocycles. The zero-order chi connectivity index (χ0) is 57.8. The SMILES string of the molecule is CC(=O)Oc1ccccc1C1c2cc(c(O)c(O)c2O)C(c2ccccc2OC(C)=O)c2cc(c(O)c(O)c2O)C(c2ccccc2OC(C)=O)c2cc(c(O)c(O)c2O)C(c2ccccc2OC(C)=O)c2cc1c(O)c(O)c2O. The van der Waals surface area contributed by atoms with Gasteiger partial charge in [0.05, 0.1) is 0 Å². The smallest absolute Gasteiger partial charge is 0.308 e. The average Bonchev–Trinajstić information content (AvgIpc) is 3.57. The van der Waals surface area contributed by atoms with Crippen LogP contribution in [-0.2, 0) is 19.2 Å². The Labute approximate surface area is 453 Å². The average molecular weight is 1090 g/mol. The molecule has 12 N–H and O–H groups in total. The lowest BCUT2D eigenvalue weighted by Gasteiger charge is -2.31. The number of phenolic OH excluding ortho intramolecular Hbond substituents is 12. The van der Waals surface area contributed by atoms with Crippen LogP contribution in [0.4, 0.5) is 0 Å². The highest BCUT2D eigenvalue weighted by molar-refractivity contribution is 5.78. The first-order chi connectivity index (χ1) is 38.0. The van der Waals surface area contributed by atoms with Gasteiger partial charge in [-0.3, -0.25) is 19.2 Å². The van der Waals surface area contributed by atoms with Gasteiger partial charge in [0.15, 0.2) is 46.0 Å². The molecule has 0 radical (unpaired) electrons. The predicted octanol–water partition coefficient (Wildman–Crippen LogP) is 8.89. The quantitative estimate of drug-likeness (QED) is 0.0384. The molecule has 8 aromatic rings. The van der Waals surface area contributed by atoms with Gasteiger partial charge in [0.25, 0.3) is 0 Å². The van der Waals surface area contributed by atoms with Crippen molar-refractivity contribution in [1.29, 1.82) is 0 Å². The van der Waals surface area contributed by atoms with E-state index in [-0.39, 0.29) is 45.3 Å². The van der Waals surface area contributed by atoms with E-state index in [9.17, 15) is 80.5 Å². The molecule has 1 aliphatic carbocycles. The maximum Gasteiger partial charge on any atom is 0.308 e. The summed E-state index contributed by atoms with van der Waals surface area (Å²) >= 11 is 0. The molecule has 1 aliphatic rings. The number of benzene rings is 8. The van der Waals surface area contributed by atoms with E-state index in [1.165, 1.54) is 97.1 Å². The molecule has 0 heterocycles. The van der Waals surface area contributed by atoms with Crippen molar-refractivity contribution in [3.8, 4) is 92.0 Å². The summed E-state index contributed by atoms with van der Waals surface area (Å²) in [4.78, 5) is 51.3. The molecular formula is C60H48O20. The summed E-state index contributed by atoms with van der Waals surface area (Å²) in [5.74, 6) is -26.1. The highest BCUT2D eigenvalue weighted by Crippen LogP contribution is 2.61. The van der Waals surface area contributed by atoms with Gasteiger partial charge in [-0.05, 0) is 48.5 Å². The molecule has 0 saturated carbocycles.